The molecule has 2 aromatic rings. The van der Waals surface area contributed by atoms with Gasteiger partial charge >= 0.3 is 5.97 Å². The molecule has 1 fully saturated rings. The summed E-state index contributed by atoms with van der Waals surface area (Å²) in [5.74, 6) is -0.611. The van der Waals surface area contributed by atoms with Gasteiger partial charge in [-0.15, -0.1) is 0 Å². The number of ether oxygens (including phenoxy) is 3. The molecule has 0 aliphatic carbocycles. The fourth-order valence-corrected chi connectivity index (χ4v) is 3.88. The van der Waals surface area contributed by atoms with Gasteiger partial charge in [0.25, 0.3) is 0 Å². The molecule has 1 aliphatic rings. The molecule has 0 saturated carbocycles. The minimum Gasteiger partial charge on any atom is -0.497 e. The van der Waals surface area contributed by atoms with E-state index in [1.807, 2.05) is 48.5 Å². The molecule has 1 saturated heterocycles. The number of Topliss-reactive ketones (excluding diaryl/α,β-unsaturated/α-hetero) is 1. The fraction of sp³-hybridized carbons (Fsp3) is 0.375. The molecule has 2 aromatic carbocycles. The summed E-state index contributed by atoms with van der Waals surface area (Å²) in [7, 11) is 3.21. The summed E-state index contributed by atoms with van der Waals surface area (Å²) in [4.78, 5) is 38.1. The number of esters is 1. The summed E-state index contributed by atoms with van der Waals surface area (Å²) >= 11 is 0. The highest BCUT2D eigenvalue weighted by molar-refractivity contribution is 6.05. The summed E-state index contributed by atoms with van der Waals surface area (Å²) in [6, 6.07) is 14.9. The Labute approximate surface area is 181 Å². The topological polar surface area (TPSA) is 82.1 Å². The maximum atomic E-state index is 12.9. The Kier molecular flexibility index (Phi) is 6.95. The molecule has 1 amide bonds. The van der Waals surface area contributed by atoms with Crippen LogP contribution >= 0.6 is 0 Å². The minimum absolute atomic E-state index is 0.297. The third-order valence-electron chi connectivity index (χ3n) is 5.46. The van der Waals surface area contributed by atoms with E-state index >= 15 is 0 Å². The van der Waals surface area contributed by atoms with Gasteiger partial charge in [0.05, 0.1) is 14.2 Å². The number of likely N-dealkylation sites (tertiary alicyclic amines) is 1. The maximum absolute atomic E-state index is 12.9. The third-order valence-corrected chi connectivity index (χ3v) is 5.46. The van der Waals surface area contributed by atoms with Gasteiger partial charge < -0.3 is 19.1 Å². The zero-order chi connectivity index (χ0) is 22.5. The van der Waals surface area contributed by atoms with Crippen LogP contribution in [0, 0.1) is 5.92 Å². The van der Waals surface area contributed by atoms with Crippen LogP contribution in [0.1, 0.15) is 25.0 Å². The number of rotatable bonds is 9. The van der Waals surface area contributed by atoms with E-state index in [2.05, 4.69) is 0 Å². The Morgan fingerprint density at radius 3 is 1.68 bits per heavy atom. The van der Waals surface area contributed by atoms with E-state index in [1.165, 1.54) is 18.7 Å². The fourth-order valence-electron chi connectivity index (χ4n) is 3.88. The normalized spacial score (nSPS) is 17.8. The second-order valence-electron chi connectivity index (χ2n) is 7.59. The molecule has 1 heterocycles. The number of benzene rings is 2. The van der Waals surface area contributed by atoms with Gasteiger partial charge in [-0.1, -0.05) is 24.3 Å². The van der Waals surface area contributed by atoms with Gasteiger partial charge in [0.15, 0.2) is 12.1 Å². The number of ketones is 1. The molecule has 0 radical (unpaired) electrons. The Hall–Kier alpha value is -3.35. The molecule has 7 nitrogen and oxygen atoms in total. The van der Waals surface area contributed by atoms with E-state index in [-0.39, 0.29) is 17.7 Å². The van der Waals surface area contributed by atoms with Gasteiger partial charge in [0.2, 0.25) is 5.91 Å². The summed E-state index contributed by atoms with van der Waals surface area (Å²) in [6.07, 6.45) is 0.179. The summed E-state index contributed by atoms with van der Waals surface area (Å²) < 4.78 is 15.8. The van der Waals surface area contributed by atoms with Crippen molar-refractivity contribution in [3.63, 3.8) is 0 Å². The van der Waals surface area contributed by atoms with Crippen molar-refractivity contribution in [3.8, 4) is 11.5 Å². The Morgan fingerprint density at radius 1 is 0.871 bits per heavy atom. The van der Waals surface area contributed by atoms with Crippen LogP contribution in [0.25, 0.3) is 0 Å². The van der Waals surface area contributed by atoms with E-state index in [0.717, 1.165) is 22.6 Å². The average Bonchev–Trinajstić information content (AvgIpc) is 2.74. The summed E-state index contributed by atoms with van der Waals surface area (Å²) in [6.45, 7) is 2.62. The lowest BCUT2D eigenvalue weighted by Crippen LogP contribution is -2.68. The van der Waals surface area contributed by atoms with Crippen LogP contribution in [0.5, 0.6) is 11.5 Å². The molecule has 0 spiro atoms. The number of carbonyl (C=O) groups is 3. The summed E-state index contributed by atoms with van der Waals surface area (Å²) in [5, 5.41) is 0. The zero-order valence-corrected chi connectivity index (χ0v) is 18.2. The van der Waals surface area contributed by atoms with E-state index < -0.39 is 18.1 Å². The van der Waals surface area contributed by atoms with Gasteiger partial charge in [-0.3, -0.25) is 14.4 Å². The minimum atomic E-state index is -0.946. The SMILES string of the molecule is COc1ccc(CC(Cc2ccc(OC)cc2)N2C(=O)C(C(C)=O)C2OC(C)=O)cc1. The molecule has 0 bridgehead atoms. The monoisotopic (exact) mass is 425 g/mol. The lowest BCUT2D eigenvalue weighted by molar-refractivity contribution is -0.202. The standard InChI is InChI=1S/C24H27NO6/c1-15(26)22-23(28)25(24(22)31-16(2)27)19(13-17-5-9-20(29-3)10-6-17)14-18-7-11-21(30-4)12-8-18/h5-12,19,22,24H,13-14H2,1-4H3. The van der Waals surface area contributed by atoms with Crippen LogP contribution in [-0.4, -0.2) is 49.0 Å². The van der Waals surface area contributed by atoms with Crippen molar-refractivity contribution >= 4 is 17.7 Å². The molecule has 7 heteroatoms. The Balaban J connectivity index is 1.89. The van der Waals surface area contributed by atoms with Crippen molar-refractivity contribution in [2.24, 2.45) is 5.92 Å². The second kappa shape index (κ2) is 9.64. The highest BCUT2D eigenvalue weighted by atomic mass is 16.6. The molecule has 31 heavy (non-hydrogen) atoms. The predicted octanol–water partition coefficient (Wildman–Crippen LogP) is 2.79. The molecule has 0 N–H and O–H groups in total. The molecule has 3 rings (SSSR count). The highest BCUT2D eigenvalue weighted by Crippen LogP contribution is 2.34. The quantitative estimate of drug-likeness (QED) is 0.349. The summed E-state index contributed by atoms with van der Waals surface area (Å²) in [5.41, 5.74) is 2.00. The van der Waals surface area contributed by atoms with Crippen molar-refractivity contribution in [1.29, 1.82) is 0 Å². The van der Waals surface area contributed by atoms with Crippen LogP contribution in [0.2, 0.25) is 0 Å². The molecule has 0 aromatic heterocycles. The largest absolute Gasteiger partial charge is 0.497 e. The van der Waals surface area contributed by atoms with Crippen molar-refractivity contribution in [2.75, 3.05) is 14.2 Å². The predicted molar refractivity (Wildman–Crippen MR) is 114 cm³/mol. The molecular formula is C24H27NO6. The second-order valence-corrected chi connectivity index (χ2v) is 7.59. The molecule has 164 valence electrons. The van der Waals surface area contributed by atoms with Gasteiger partial charge in [-0.05, 0) is 55.2 Å². The first-order chi connectivity index (χ1) is 14.8. The van der Waals surface area contributed by atoms with Crippen molar-refractivity contribution in [2.45, 2.75) is 39.0 Å². The van der Waals surface area contributed by atoms with Crippen LogP contribution in [0.15, 0.2) is 48.5 Å². The van der Waals surface area contributed by atoms with Gasteiger partial charge in [0.1, 0.15) is 17.3 Å². The smallest absolute Gasteiger partial charge is 0.304 e. The van der Waals surface area contributed by atoms with E-state index in [1.54, 1.807) is 14.2 Å². The lowest BCUT2D eigenvalue weighted by Gasteiger charge is -2.49. The van der Waals surface area contributed by atoms with Crippen molar-refractivity contribution < 1.29 is 28.6 Å². The van der Waals surface area contributed by atoms with Crippen LogP contribution in [0.4, 0.5) is 0 Å². The van der Waals surface area contributed by atoms with E-state index in [9.17, 15) is 14.4 Å². The van der Waals surface area contributed by atoms with Crippen LogP contribution in [-0.2, 0) is 32.0 Å². The van der Waals surface area contributed by atoms with Crippen LogP contribution in [0.3, 0.4) is 0 Å². The first-order valence-electron chi connectivity index (χ1n) is 10.1. The Morgan fingerprint density at radius 2 is 1.32 bits per heavy atom. The number of hydrogen-bond donors (Lipinski definition) is 0. The number of methoxy groups -OCH3 is 2. The van der Waals surface area contributed by atoms with Gasteiger partial charge in [-0.25, -0.2) is 0 Å². The van der Waals surface area contributed by atoms with Gasteiger partial charge in [-0.2, -0.15) is 0 Å². The highest BCUT2D eigenvalue weighted by Gasteiger charge is 2.54. The van der Waals surface area contributed by atoms with E-state index in [0.29, 0.717) is 12.8 Å². The first kappa shape index (κ1) is 22.3. The average molecular weight is 425 g/mol. The molecule has 2 atom stereocenters. The van der Waals surface area contributed by atoms with E-state index in [4.69, 9.17) is 14.2 Å². The zero-order valence-electron chi connectivity index (χ0n) is 18.2. The van der Waals surface area contributed by atoms with Gasteiger partial charge in [0, 0.05) is 13.0 Å². The molecule has 2 unspecified atom stereocenters. The number of hydrogen-bond acceptors (Lipinski definition) is 6. The number of amides is 1. The third kappa shape index (κ3) is 5.05. The maximum Gasteiger partial charge on any atom is 0.304 e. The van der Waals surface area contributed by atoms with Crippen molar-refractivity contribution in [3.05, 3.63) is 59.7 Å². The number of carbonyl (C=O) groups excluding carboxylic acids is 3. The lowest BCUT2D eigenvalue weighted by atomic mass is 9.86. The van der Waals surface area contributed by atoms with Crippen molar-refractivity contribution in [1.82, 2.24) is 4.90 Å². The first-order valence-corrected chi connectivity index (χ1v) is 10.1. The molecular weight excluding hydrogens is 398 g/mol. The van der Waals surface area contributed by atoms with Crippen LogP contribution < -0.4 is 9.47 Å². The number of β-lactam (4-membered cyclic amide) rings is 1. The number of nitrogens with zero attached hydrogens (tertiary/aromatic N) is 1. The molecule has 1 aliphatic heterocycles. The Bertz CT molecular complexity index is 888.